The fourth-order valence-electron chi connectivity index (χ4n) is 2.51. The molecular formula is C11H15NO4. The minimum absolute atomic E-state index is 0.00287. The van der Waals surface area contributed by atoms with Crippen LogP contribution in [0.15, 0.2) is 11.3 Å². The third-order valence-corrected chi connectivity index (χ3v) is 3.23. The summed E-state index contributed by atoms with van der Waals surface area (Å²) in [6, 6.07) is 0. The Hall–Kier alpha value is -1.39. The molecule has 2 atom stereocenters. The van der Waals surface area contributed by atoms with Crippen molar-refractivity contribution in [1.29, 1.82) is 0 Å². The molecule has 5 heteroatoms. The first kappa shape index (κ1) is 11.1. The lowest BCUT2D eigenvalue weighted by Gasteiger charge is -2.28. The Kier molecular flexibility index (Phi) is 2.29. The van der Waals surface area contributed by atoms with Crippen molar-refractivity contribution in [1.82, 2.24) is 0 Å². The van der Waals surface area contributed by atoms with Gasteiger partial charge in [-0.3, -0.25) is 14.9 Å². The molecule has 16 heavy (non-hydrogen) atoms. The number of ether oxygens (including phenoxy) is 1. The first-order chi connectivity index (χ1) is 7.32. The molecule has 0 aromatic carbocycles. The van der Waals surface area contributed by atoms with E-state index in [1.807, 2.05) is 13.8 Å². The lowest BCUT2D eigenvalue weighted by atomic mass is 9.75. The Labute approximate surface area is 93.6 Å². The highest BCUT2D eigenvalue weighted by Crippen LogP contribution is 2.44. The van der Waals surface area contributed by atoms with Crippen LogP contribution in [0, 0.1) is 21.4 Å². The van der Waals surface area contributed by atoms with Gasteiger partial charge in [0.05, 0.1) is 10.8 Å². The van der Waals surface area contributed by atoms with Gasteiger partial charge in [-0.2, -0.15) is 0 Å². The fourth-order valence-corrected chi connectivity index (χ4v) is 2.51. The van der Waals surface area contributed by atoms with Gasteiger partial charge in [-0.1, -0.05) is 13.8 Å². The second-order valence-corrected chi connectivity index (χ2v) is 5.36. The zero-order valence-corrected chi connectivity index (χ0v) is 9.65. The van der Waals surface area contributed by atoms with Crippen LogP contribution in [0.2, 0.25) is 0 Å². The van der Waals surface area contributed by atoms with Gasteiger partial charge in [0.25, 0.3) is 0 Å². The molecule has 1 aliphatic carbocycles. The van der Waals surface area contributed by atoms with Gasteiger partial charge in [0.1, 0.15) is 5.76 Å². The molecular weight excluding hydrogens is 210 g/mol. The normalized spacial score (nSPS) is 32.3. The number of Topliss-reactive ketones (excluding diaryl/α,β-unsaturated/α-hetero) is 1. The fraction of sp³-hybridized carbons (Fsp3) is 0.727. The summed E-state index contributed by atoms with van der Waals surface area (Å²) < 4.78 is 5.30. The Balaban J connectivity index is 2.33. The molecule has 2 rings (SSSR count). The molecule has 5 nitrogen and oxygen atoms in total. The molecule has 88 valence electrons. The number of carbonyl (C=O) groups excluding carboxylic acids is 1. The van der Waals surface area contributed by atoms with Crippen molar-refractivity contribution in [3.05, 3.63) is 21.4 Å². The average molecular weight is 225 g/mol. The van der Waals surface area contributed by atoms with E-state index in [0.29, 0.717) is 24.2 Å². The van der Waals surface area contributed by atoms with Gasteiger partial charge in [-0.15, -0.1) is 0 Å². The van der Waals surface area contributed by atoms with E-state index in [2.05, 4.69) is 0 Å². The number of nitrogens with zero attached hydrogens (tertiary/aromatic N) is 1. The summed E-state index contributed by atoms with van der Waals surface area (Å²) in [6.07, 6.45) is -0.0185. The van der Waals surface area contributed by atoms with Gasteiger partial charge < -0.3 is 4.74 Å². The molecule has 0 radical (unpaired) electrons. The Morgan fingerprint density at radius 2 is 2.06 bits per heavy atom. The molecule has 2 aliphatic rings. The van der Waals surface area contributed by atoms with Crippen LogP contribution in [0.25, 0.3) is 0 Å². The Morgan fingerprint density at radius 3 is 2.62 bits per heavy atom. The summed E-state index contributed by atoms with van der Waals surface area (Å²) in [5.41, 5.74) is 0.391. The van der Waals surface area contributed by atoms with Crippen LogP contribution in [-0.4, -0.2) is 16.9 Å². The van der Waals surface area contributed by atoms with Crippen molar-refractivity contribution in [2.24, 2.45) is 11.3 Å². The molecule has 1 aliphatic heterocycles. The van der Waals surface area contributed by atoms with E-state index in [0.717, 1.165) is 0 Å². The number of hydrogen-bond donors (Lipinski definition) is 0. The van der Waals surface area contributed by atoms with Crippen molar-refractivity contribution in [2.75, 3.05) is 0 Å². The van der Waals surface area contributed by atoms with Crippen molar-refractivity contribution < 1.29 is 14.5 Å². The number of nitro groups is 1. The number of carbonyl (C=O) groups is 1. The Morgan fingerprint density at radius 1 is 1.44 bits per heavy atom. The summed E-state index contributed by atoms with van der Waals surface area (Å²) in [7, 11) is 0. The SMILES string of the molecule is C[C@@H]1C2=C(CC(C)(C)CC2=O)O[C@@H]1[N+](=O)[O-]. The average Bonchev–Trinajstić information content (AvgIpc) is 2.40. The molecule has 0 saturated heterocycles. The first-order valence-corrected chi connectivity index (χ1v) is 5.38. The highest BCUT2D eigenvalue weighted by atomic mass is 16.7. The largest absolute Gasteiger partial charge is 0.434 e. The molecule has 0 saturated carbocycles. The van der Waals surface area contributed by atoms with Crippen molar-refractivity contribution in [2.45, 2.75) is 39.8 Å². The van der Waals surface area contributed by atoms with E-state index in [1.165, 1.54) is 0 Å². The molecule has 0 bridgehead atoms. The number of ketones is 1. The molecule has 1 heterocycles. The minimum atomic E-state index is -1.08. The lowest BCUT2D eigenvalue weighted by molar-refractivity contribution is -0.574. The zero-order valence-electron chi connectivity index (χ0n) is 9.65. The zero-order chi connectivity index (χ0) is 12.1. The van der Waals surface area contributed by atoms with Gasteiger partial charge in [0.15, 0.2) is 5.78 Å². The van der Waals surface area contributed by atoms with Crippen molar-refractivity contribution in [3.63, 3.8) is 0 Å². The first-order valence-electron chi connectivity index (χ1n) is 5.38. The number of rotatable bonds is 1. The highest BCUT2D eigenvalue weighted by molar-refractivity contribution is 5.98. The van der Waals surface area contributed by atoms with Crippen LogP contribution >= 0.6 is 0 Å². The van der Waals surface area contributed by atoms with Crippen LogP contribution in [0.1, 0.15) is 33.6 Å². The maximum Gasteiger partial charge on any atom is 0.360 e. The smallest absolute Gasteiger partial charge is 0.360 e. The highest BCUT2D eigenvalue weighted by Gasteiger charge is 2.48. The Bertz CT molecular complexity index is 397. The second kappa shape index (κ2) is 3.30. The van der Waals surface area contributed by atoms with Gasteiger partial charge in [0, 0.05) is 18.4 Å². The molecule has 0 unspecified atom stereocenters. The molecule has 0 aromatic heterocycles. The van der Waals surface area contributed by atoms with E-state index in [-0.39, 0.29) is 11.2 Å². The molecule has 0 amide bonds. The monoisotopic (exact) mass is 225 g/mol. The van der Waals surface area contributed by atoms with Crippen molar-refractivity contribution in [3.8, 4) is 0 Å². The maximum atomic E-state index is 11.9. The third-order valence-electron chi connectivity index (χ3n) is 3.23. The van der Waals surface area contributed by atoms with Crippen LogP contribution in [0.3, 0.4) is 0 Å². The summed E-state index contributed by atoms with van der Waals surface area (Å²) in [5, 5.41) is 10.8. The minimum Gasteiger partial charge on any atom is -0.434 e. The predicted octanol–water partition coefficient (Wildman–Crippen LogP) is 1.90. The van der Waals surface area contributed by atoms with Gasteiger partial charge >= 0.3 is 6.23 Å². The molecule has 0 spiro atoms. The summed E-state index contributed by atoms with van der Waals surface area (Å²) in [4.78, 5) is 22.2. The molecule has 0 N–H and O–H groups in total. The maximum absolute atomic E-state index is 11.9. The summed E-state index contributed by atoms with van der Waals surface area (Å²) in [5.74, 6) is 0.118. The number of hydrogen-bond acceptors (Lipinski definition) is 4. The van der Waals surface area contributed by atoms with Crippen molar-refractivity contribution >= 4 is 5.78 Å². The van der Waals surface area contributed by atoms with Crippen LogP contribution in [-0.2, 0) is 9.53 Å². The molecule has 0 fully saturated rings. The summed E-state index contributed by atoms with van der Waals surface area (Å²) >= 11 is 0. The summed E-state index contributed by atoms with van der Waals surface area (Å²) in [6.45, 7) is 5.64. The van der Waals surface area contributed by atoms with Gasteiger partial charge in [0.2, 0.25) is 0 Å². The topological polar surface area (TPSA) is 69.4 Å². The van der Waals surface area contributed by atoms with Gasteiger partial charge in [-0.05, 0) is 12.3 Å². The molecule has 0 aromatic rings. The third kappa shape index (κ3) is 1.60. The van der Waals surface area contributed by atoms with E-state index in [1.54, 1.807) is 6.92 Å². The van der Waals surface area contributed by atoms with Gasteiger partial charge in [-0.25, -0.2) is 0 Å². The van der Waals surface area contributed by atoms with E-state index >= 15 is 0 Å². The van der Waals surface area contributed by atoms with E-state index < -0.39 is 17.1 Å². The predicted molar refractivity (Wildman–Crippen MR) is 56.1 cm³/mol. The van der Waals surface area contributed by atoms with E-state index in [9.17, 15) is 14.9 Å². The lowest BCUT2D eigenvalue weighted by Crippen LogP contribution is -2.28. The standard InChI is InChI=1S/C11H15NO4/c1-6-9-7(13)4-11(2,3)5-8(9)16-10(6)12(14)15/h6,10H,4-5H2,1-3H3/t6-,10+/m1/s1. The number of allylic oxidation sites excluding steroid dienone is 1. The van der Waals surface area contributed by atoms with Crippen LogP contribution in [0.5, 0.6) is 0 Å². The second-order valence-electron chi connectivity index (χ2n) is 5.36. The van der Waals surface area contributed by atoms with Crippen LogP contribution in [0.4, 0.5) is 0 Å². The van der Waals surface area contributed by atoms with Crippen LogP contribution < -0.4 is 0 Å². The van der Waals surface area contributed by atoms with E-state index in [4.69, 9.17) is 4.74 Å². The quantitative estimate of drug-likeness (QED) is 0.504.